The van der Waals surface area contributed by atoms with Crippen molar-refractivity contribution in [1.82, 2.24) is 4.31 Å². The number of aryl methyl sites for hydroxylation is 1. The van der Waals surface area contributed by atoms with Crippen molar-refractivity contribution in [2.75, 3.05) is 0 Å². The van der Waals surface area contributed by atoms with E-state index in [4.69, 9.17) is 0 Å². The Labute approximate surface area is 197 Å². The highest BCUT2D eigenvalue weighted by Gasteiger charge is 2.33. The van der Waals surface area contributed by atoms with Gasteiger partial charge in [-0.3, -0.25) is 4.31 Å². The molecule has 0 unspecified atom stereocenters. The third-order valence-corrected chi connectivity index (χ3v) is 8.01. The Morgan fingerprint density at radius 1 is 0.879 bits per heavy atom. The fraction of sp³-hybridized carbons (Fsp3) is 0.286. The molecule has 4 rings (SSSR count). The average molecular weight is 462 g/mol. The predicted octanol–water partition coefficient (Wildman–Crippen LogP) is 5.92. The van der Waals surface area contributed by atoms with Crippen LogP contribution in [0.3, 0.4) is 0 Å². The highest BCUT2D eigenvalue weighted by Crippen LogP contribution is 2.36. The monoisotopic (exact) mass is 461 g/mol. The van der Waals surface area contributed by atoms with E-state index in [1.807, 2.05) is 79.7 Å². The predicted molar refractivity (Wildman–Crippen MR) is 133 cm³/mol. The van der Waals surface area contributed by atoms with Crippen LogP contribution in [0.2, 0.25) is 0 Å². The average Bonchev–Trinajstić information content (AvgIpc) is 2.83. The molecule has 172 valence electrons. The lowest BCUT2D eigenvalue weighted by molar-refractivity contribution is 0.0512. The number of hydrogen-bond donors (Lipinski definition) is 1. The Morgan fingerprint density at radius 3 is 2.06 bits per heavy atom. The standard InChI is InChI=1S/C28H31NO3S/c1-23-15-17-26(18-16-23)33(31,32)29(22-24-11-5-2-6-12-24)27(25-13-7-3-8-14-25)21-28(30)19-9-4-10-20-28/h2-3,5-8,11-18,21,30H,4,9-10,19-20,22H2,1H3/b27-21+. The van der Waals surface area contributed by atoms with Crippen LogP contribution in [0.15, 0.2) is 95.9 Å². The Hall–Kier alpha value is -2.89. The Bertz CT molecular complexity index is 1180. The summed E-state index contributed by atoms with van der Waals surface area (Å²) < 4.78 is 29.5. The minimum atomic E-state index is -3.89. The van der Waals surface area contributed by atoms with E-state index in [9.17, 15) is 13.5 Å². The van der Waals surface area contributed by atoms with Crippen LogP contribution in [-0.2, 0) is 16.6 Å². The molecule has 0 atom stereocenters. The molecule has 0 aromatic heterocycles. The zero-order chi connectivity index (χ0) is 23.3. The van der Waals surface area contributed by atoms with Crippen LogP contribution in [0.5, 0.6) is 0 Å². The van der Waals surface area contributed by atoms with E-state index in [1.54, 1.807) is 18.2 Å². The smallest absolute Gasteiger partial charge is 0.264 e. The van der Waals surface area contributed by atoms with Crippen molar-refractivity contribution < 1.29 is 13.5 Å². The molecule has 0 bridgehead atoms. The van der Waals surface area contributed by atoms with Gasteiger partial charge in [0.15, 0.2) is 0 Å². The molecule has 1 N–H and O–H groups in total. The van der Waals surface area contributed by atoms with Gasteiger partial charge in [0.2, 0.25) is 0 Å². The Kier molecular flexibility index (Phi) is 7.01. The van der Waals surface area contributed by atoms with Crippen LogP contribution in [0.4, 0.5) is 0 Å². The summed E-state index contributed by atoms with van der Waals surface area (Å²) in [5, 5.41) is 11.4. The van der Waals surface area contributed by atoms with Gasteiger partial charge in [-0.25, -0.2) is 8.42 Å². The lowest BCUT2D eigenvalue weighted by Crippen LogP contribution is -2.34. The van der Waals surface area contributed by atoms with E-state index in [0.29, 0.717) is 18.5 Å². The molecular formula is C28H31NO3S. The zero-order valence-electron chi connectivity index (χ0n) is 19.0. The van der Waals surface area contributed by atoms with Crippen molar-refractivity contribution in [1.29, 1.82) is 0 Å². The number of hydrogen-bond acceptors (Lipinski definition) is 3. The second-order valence-corrected chi connectivity index (χ2v) is 10.7. The van der Waals surface area contributed by atoms with Gasteiger partial charge in [0.1, 0.15) is 0 Å². The van der Waals surface area contributed by atoms with Gasteiger partial charge >= 0.3 is 0 Å². The normalized spacial score (nSPS) is 16.4. The number of aliphatic hydroxyl groups is 1. The molecule has 4 nitrogen and oxygen atoms in total. The van der Waals surface area contributed by atoms with Gasteiger partial charge in [-0.05, 0) is 49.1 Å². The minimum Gasteiger partial charge on any atom is -0.386 e. The van der Waals surface area contributed by atoms with Crippen molar-refractivity contribution in [3.63, 3.8) is 0 Å². The lowest BCUT2D eigenvalue weighted by Gasteiger charge is -2.33. The van der Waals surface area contributed by atoms with Crippen molar-refractivity contribution >= 4 is 15.7 Å². The van der Waals surface area contributed by atoms with Crippen LogP contribution in [-0.4, -0.2) is 23.4 Å². The van der Waals surface area contributed by atoms with Gasteiger partial charge in [0, 0.05) is 0 Å². The van der Waals surface area contributed by atoms with Crippen LogP contribution >= 0.6 is 0 Å². The first-order chi connectivity index (χ1) is 15.9. The molecule has 1 fully saturated rings. The molecule has 0 saturated heterocycles. The molecule has 1 saturated carbocycles. The number of sulfonamides is 1. The first kappa shape index (κ1) is 23.3. The molecule has 5 heteroatoms. The van der Waals surface area contributed by atoms with E-state index in [2.05, 4.69) is 0 Å². The molecule has 0 heterocycles. The van der Waals surface area contributed by atoms with Crippen LogP contribution < -0.4 is 0 Å². The molecule has 3 aromatic carbocycles. The maximum atomic E-state index is 14.0. The molecule has 3 aromatic rings. The van der Waals surface area contributed by atoms with Crippen LogP contribution in [0.1, 0.15) is 48.8 Å². The number of nitrogens with zero attached hydrogens (tertiary/aromatic N) is 1. The lowest BCUT2D eigenvalue weighted by atomic mass is 9.83. The molecule has 0 spiro atoms. The molecule has 0 radical (unpaired) electrons. The zero-order valence-corrected chi connectivity index (χ0v) is 19.8. The summed E-state index contributed by atoms with van der Waals surface area (Å²) in [5.74, 6) is 0. The molecule has 0 aliphatic heterocycles. The highest BCUT2D eigenvalue weighted by atomic mass is 32.2. The topological polar surface area (TPSA) is 57.6 Å². The fourth-order valence-electron chi connectivity index (χ4n) is 4.36. The van der Waals surface area contributed by atoms with Crippen LogP contribution in [0.25, 0.3) is 5.70 Å². The summed E-state index contributed by atoms with van der Waals surface area (Å²) in [6, 6.07) is 26.0. The first-order valence-electron chi connectivity index (χ1n) is 11.5. The summed E-state index contributed by atoms with van der Waals surface area (Å²) in [6.45, 7) is 2.11. The van der Waals surface area contributed by atoms with E-state index in [1.165, 1.54) is 4.31 Å². The summed E-state index contributed by atoms with van der Waals surface area (Å²) in [4.78, 5) is 0.237. The number of benzene rings is 3. The van der Waals surface area contributed by atoms with Crippen molar-refractivity contribution in [2.24, 2.45) is 0 Å². The molecule has 1 aliphatic rings. The second kappa shape index (κ2) is 9.94. The van der Waals surface area contributed by atoms with Gasteiger partial charge in [0.05, 0.1) is 22.7 Å². The summed E-state index contributed by atoms with van der Waals surface area (Å²) in [5.41, 5.74) is 2.14. The molecule has 33 heavy (non-hydrogen) atoms. The largest absolute Gasteiger partial charge is 0.386 e. The van der Waals surface area contributed by atoms with Gasteiger partial charge in [-0.15, -0.1) is 0 Å². The van der Waals surface area contributed by atoms with E-state index < -0.39 is 15.6 Å². The van der Waals surface area contributed by atoms with Crippen molar-refractivity contribution in [2.45, 2.75) is 56.1 Å². The van der Waals surface area contributed by atoms with Crippen LogP contribution in [0, 0.1) is 6.92 Å². The summed E-state index contributed by atoms with van der Waals surface area (Å²) in [7, 11) is -3.89. The third-order valence-electron chi connectivity index (χ3n) is 6.24. The summed E-state index contributed by atoms with van der Waals surface area (Å²) in [6.07, 6.45) is 6.00. The van der Waals surface area contributed by atoms with Crippen molar-refractivity contribution in [3.05, 3.63) is 108 Å². The maximum Gasteiger partial charge on any atom is 0.264 e. The third kappa shape index (κ3) is 5.55. The van der Waals surface area contributed by atoms with E-state index in [0.717, 1.165) is 36.0 Å². The molecule has 0 amide bonds. The second-order valence-electron chi connectivity index (χ2n) is 8.87. The van der Waals surface area contributed by atoms with Crippen molar-refractivity contribution in [3.8, 4) is 0 Å². The summed E-state index contributed by atoms with van der Waals surface area (Å²) >= 11 is 0. The quantitative estimate of drug-likeness (QED) is 0.475. The van der Waals surface area contributed by atoms with E-state index in [-0.39, 0.29) is 11.4 Å². The number of rotatable bonds is 7. The Morgan fingerprint density at radius 2 is 1.45 bits per heavy atom. The van der Waals surface area contributed by atoms with Gasteiger partial charge in [0.25, 0.3) is 10.0 Å². The highest BCUT2D eigenvalue weighted by molar-refractivity contribution is 7.89. The van der Waals surface area contributed by atoms with E-state index >= 15 is 0 Å². The first-order valence-corrected chi connectivity index (χ1v) is 13.0. The minimum absolute atomic E-state index is 0.174. The van der Waals surface area contributed by atoms with Gasteiger partial charge in [-0.2, -0.15) is 0 Å². The van der Waals surface area contributed by atoms with Gasteiger partial charge in [-0.1, -0.05) is 97.6 Å². The Balaban J connectivity index is 1.88. The molecule has 1 aliphatic carbocycles. The maximum absolute atomic E-state index is 14.0. The SMILES string of the molecule is Cc1ccc(S(=O)(=O)N(Cc2ccccc2)/C(=C/C2(O)CCCCC2)c2ccccc2)cc1. The molecular weight excluding hydrogens is 430 g/mol. The van der Waals surface area contributed by atoms with Gasteiger partial charge < -0.3 is 5.11 Å². The fourth-order valence-corrected chi connectivity index (χ4v) is 5.83.